The Hall–Kier alpha value is -0.690. The summed E-state index contributed by atoms with van der Waals surface area (Å²) in [6.07, 6.45) is 6.06. The highest BCUT2D eigenvalue weighted by atomic mass is 16.6. The zero-order chi connectivity index (χ0) is 29.4. The minimum absolute atomic E-state index is 0.0168. The van der Waals surface area contributed by atoms with Gasteiger partial charge in [-0.15, -0.1) is 0 Å². The van der Waals surface area contributed by atoms with Gasteiger partial charge >= 0.3 is 5.97 Å². The molecule has 14 unspecified atom stereocenters. The van der Waals surface area contributed by atoms with Crippen molar-refractivity contribution in [1.29, 1.82) is 0 Å². The van der Waals surface area contributed by atoms with Crippen LogP contribution in [-0.4, -0.2) is 59.3 Å². The summed E-state index contributed by atoms with van der Waals surface area (Å²) in [5.41, 5.74) is -0.512. The number of fused-ring (bicyclic) bond motifs is 4. The van der Waals surface area contributed by atoms with Gasteiger partial charge in [0, 0.05) is 18.4 Å². The monoisotopic (exact) mass is 559 g/mol. The molecule has 3 N–H and O–H groups in total. The Bertz CT molecular complexity index is 1050. The Morgan fingerprint density at radius 3 is 2.25 bits per heavy atom. The van der Waals surface area contributed by atoms with Gasteiger partial charge in [0.05, 0.1) is 23.9 Å². The largest absolute Gasteiger partial charge is 0.457 e. The van der Waals surface area contributed by atoms with Crippen LogP contribution in [0.2, 0.25) is 0 Å². The molecular weight excluding hydrogens is 502 g/mol. The molecule has 5 saturated carbocycles. The second-order valence-electron chi connectivity index (χ2n) is 16.9. The quantitative estimate of drug-likeness (QED) is 0.403. The van der Waals surface area contributed by atoms with Gasteiger partial charge in [0.2, 0.25) is 0 Å². The van der Waals surface area contributed by atoms with Crippen LogP contribution in [0.3, 0.4) is 0 Å². The van der Waals surface area contributed by atoms with E-state index in [2.05, 4.69) is 53.9 Å². The molecule has 228 valence electrons. The van der Waals surface area contributed by atoms with Crippen molar-refractivity contribution in [3.63, 3.8) is 0 Å². The molecule has 0 aromatic heterocycles. The van der Waals surface area contributed by atoms with Gasteiger partial charge in [-0.25, -0.2) is 0 Å². The van der Waals surface area contributed by atoms with Gasteiger partial charge in [-0.05, 0) is 117 Å². The molecule has 5 aliphatic carbocycles. The number of ether oxygens (including phenoxy) is 2. The molecule has 0 radical (unpaired) electrons. The highest BCUT2D eigenvalue weighted by Crippen LogP contribution is 2.91. The van der Waals surface area contributed by atoms with Crippen LogP contribution >= 0.6 is 0 Å². The van der Waals surface area contributed by atoms with Crippen molar-refractivity contribution in [1.82, 2.24) is 5.32 Å². The Labute approximate surface area is 242 Å². The predicted octanol–water partition coefficient (Wildman–Crippen LogP) is 5.34. The van der Waals surface area contributed by atoms with Crippen molar-refractivity contribution >= 4 is 5.97 Å². The second-order valence-corrected chi connectivity index (χ2v) is 16.9. The highest BCUT2D eigenvalue weighted by molar-refractivity contribution is 5.66. The molecule has 1 aliphatic heterocycles. The Morgan fingerprint density at radius 2 is 1.65 bits per heavy atom. The van der Waals surface area contributed by atoms with E-state index in [1.165, 1.54) is 39.0 Å². The standard InChI is InChI=1S/C34H57NO5/c1-18-17-21(28(30(6,7)38)39-20(3)36)40-26-25(18)31(8)15-16-34-19(2)33(34)14-13-24(35-10)29(4,5)22(33)11-12-23(34)32(31,9)27(26)37/h18-19,21-28,35,37-38H,11-17H2,1-10H3. The van der Waals surface area contributed by atoms with E-state index in [1.54, 1.807) is 13.8 Å². The number of hydrogen-bond donors (Lipinski definition) is 3. The number of aliphatic hydroxyl groups is 2. The number of hydrogen-bond acceptors (Lipinski definition) is 6. The molecule has 6 fully saturated rings. The molecule has 0 amide bonds. The van der Waals surface area contributed by atoms with Crippen molar-refractivity contribution in [2.75, 3.05) is 7.05 Å². The van der Waals surface area contributed by atoms with Crippen LogP contribution in [0.25, 0.3) is 0 Å². The first-order valence-corrected chi connectivity index (χ1v) is 16.4. The summed E-state index contributed by atoms with van der Waals surface area (Å²) in [7, 11) is 2.14. The fraction of sp³-hybridized carbons (Fsp3) is 0.971. The lowest BCUT2D eigenvalue weighted by molar-refractivity contribution is -0.216. The first-order chi connectivity index (χ1) is 18.5. The Morgan fingerprint density at radius 1 is 1.02 bits per heavy atom. The molecule has 6 heteroatoms. The van der Waals surface area contributed by atoms with E-state index in [-0.39, 0.29) is 28.3 Å². The van der Waals surface area contributed by atoms with E-state index in [9.17, 15) is 15.0 Å². The number of carbonyl (C=O) groups is 1. The maximum absolute atomic E-state index is 12.5. The fourth-order valence-electron chi connectivity index (χ4n) is 13.6. The molecule has 0 aromatic carbocycles. The molecule has 2 spiro atoms. The van der Waals surface area contributed by atoms with Crippen molar-refractivity contribution < 1.29 is 24.5 Å². The SMILES string of the molecule is CNC1CCC23C(CCC4C5(C)C(O)C6OC(C(OC(C)=O)C(C)(C)O)CC(C)C6C5(C)CCC42C3C)C1(C)C. The van der Waals surface area contributed by atoms with Crippen LogP contribution in [0, 0.1) is 56.7 Å². The van der Waals surface area contributed by atoms with Gasteiger partial charge in [-0.1, -0.05) is 41.5 Å². The summed E-state index contributed by atoms with van der Waals surface area (Å²) in [4.78, 5) is 12.0. The third-order valence-electron chi connectivity index (χ3n) is 15.2. The number of esters is 1. The molecule has 1 heterocycles. The van der Waals surface area contributed by atoms with E-state index in [1.807, 2.05) is 0 Å². The number of aliphatic hydroxyl groups excluding tert-OH is 1. The van der Waals surface area contributed by atoms with E-state index < -0.39 is 29.9 Å². The van der Waals surface area contributed by atoms with Gasteiger partial charge in [-0.2, -0.15) is 0 Å². The van der Waals surface area contributed by atoms with E-state index in [0.717, 1.165) is 18.8 Å². The smallest absolute Gasteiger partial charge is 0.303 e. The first-order valence-electron chi connectivity index (χ1n) is 16.4. The topological polar surface area (TPSA) is 88.0 Å². The van der Waals surface area contributed by atoms with Crippen molar-refractivity contribution in [2.45, 2.75) is 143 Å². The molecule has 0 aromatic rings. The minimum atomic E-state index is -1.23. The maximum atomic E-state index is 12.5. The van der Waals surface area contributed by atoms with Crippen molar-refractivity contribution in [3.05, 3.63) is 0 Å². The van der Waals surface area contributed by atoms with Gasteiger partial charge in [0.15, 0.2) is 6.10 Å². The summed E-state index contributed by atoms with van der Waals surface area (Å²) in [5.74, 6) is 2.04. The number of carbonyl (C=O) groups excluding carboxylic acids is 1. The summed E-state index contributed by atoms with van der Waals surface area (Å²) in [5, 5.41) is 27.1. The van der Waals surface area contributed by atoms with E-state index in [0.29, 0.717) is 34.6 Å². The summed E-state index contributed by atoms with van der Waals surface area (Å²) in [6.45, 7) is 19.6. The first kappa shape index (κ1) is 29.4. The second kappa shape index (κ2) is 8.70. The van der Waals surface area contributed by atoms with Crippen LogP contribution in [0.5, 0.6) is 0 Å². The number of rotatable bonds is 4. The molecule has 6 rings (SSSR count). The third-order valence-corrected chi connectivity index (χ3v) is 15.2. The lowest BCUT2D eigenvalue weighted by Gasteiger charge is -2.64. The lowest BCUT2D eigenvalue weighted by Crippen LogP contribution is -2.60. The van der Waals surface area contributed by atoms with Crippen molar-refractivity contribution in [2.24, 2.45) is 56.7 Å². The predicted molar refractivity (Wildman–Crippen MR) is 155 cm³/mol. The molecular formula is C34H57NO5. The molecule has 1 saturated heterocycles. The lowest BCUT2D eigenvalue weighted by atomic mass is 9.41. The Kier molecular flexibility index (Phi) is 6.39. The summed E-state index contributed by atoms with van der Waals surface area (Å²) >= 11 is 0. The molecule has 6 aliphatic rings. The van der Waals surface area contributed by atoms with Crippen LogP contribution in [-0.2, 0) is 14.3 Å². The van der Waals surface area contributed by atoms with Crippen LogP contribution in [0.15, 0.2) is 0 Å². The normalized spacial score (nSPS) is 55.1. The molecule has 0 bridgehead atoms. The summed E-state index contributed by atoms with van der Waals surface area (Å²) < 4.78 is 12.5. The Balaban J connectivity index is 1.36. The average molecular weight is 560 g/mol. The average Bonchev–Trinajstić information content (AvgIpc) is 3.32. The van der Waals surface area contributed by atoms with Crippen LogP contribution in [0.4, 0.5) is 0 Å². The van der Waals surface area contributed by atoms with Gasteiger partial charge in [0.1, 0.15) is 0 Å². The molecule has 40 heavy (non-hydrogen) atoms. The highest BCUT2D eigenvalue weighted by Gasteiger charge is 2.87. The van der Waals surface area contributed by atoms with E-state index in [4.69, 9.17) is 9.47 Å². The van der Waals surface area contributed by atoms with Crippen LogP contribution in [0.1, 0.15) is 107 Å². The van der Waals surface area contributed by atoms with Gasteiger partial charge in [0.25, 0.3) is 0 Å². The zero-order valence-electron chi connectivity index (χ0n) is 26.8. The number of nitrogens with one attached hydrogen (secondary N) is 1. The van der Waals surface area contributed by atoms with Gasteiger partial charge < -0.3 is 25.0 Å². The maximum Gasteiger partial charge on any atom is 0.303 e. The minimum Gasteiger partial charge on any atom is -0.457 e. The third kappa shape index (κ3) is 3.24. The van der Waals surface area contributed by atoms with Crippen molar-refractivity contribution in [3.8, 4) is 0 Å². The molecule has 14 atom stereocenters. The van der Waals surface area contributed by atoms with Crippen LogP contribution < -0.4 is 5.32 Å². The molecule has 6 nitrogen and oxygen atoms in total. The van der Waals surface area contributed by atoms with Gasteiger partial charge in [-0.3, -0.25) is 4.79 Å². The summed E-state index contributed by atoms with van der Waals surface area (Å²) in [6, 6.07) is 0.570. The van der Waals surface area contributed by atoms with E-state index >= 15 is 0 Å². The zero-order valence-corrected chi connectivity index (χ0v) is 26.8. The fourth-order valence-corrected chi connectivity index (χ4v) is 13.6.